The fourth-order valence-corrected chi connectivity index (χ4v) is 16.0. The molecule has 4 fully saturated rings. The maximum absolute atomic E-state index is 15.0. The number of rotatable bonds is 7. The molecule has 8 rings (SSSR count). The van der Waals surface area contributed by atoms with Crippen LogP contribution in [0.3, 0.4) is 0 Å². The van der Waals surface area contributed by atoms with Gasteiger partial charge in [0.1, 0.15) is 6.15 Å². The van der Waals surface area contributed by atoms with Gasteiger partial charge in [-0.05, 0) is 87.6 Å². The monoisotopic (exact) mass is 1300 g/mol. The van der Waals surface area contributed by atoms with Crippen molar-refractivity contribution < 1.29 is 129 Å². The summed E-state index contributed by atoms with van der Waals surface area (Å²) in [5.74, 6) is 0. The van der Waals surface area contributed by atoms with Crippen molar-refractivity contribution in [2.75, 3.05) is 0 Å². The van der Waals surface area contributed by atoms with Gasteiger partial charge in [-0.2, -0.15) is 127 Å². The second-order valence-electron chi connectivity index (χ2n) is 19.1. The number of hydrogen-bond acceptors (Lipinski definition) is 0. The van der Waals surface area contributed by atoms with Crippen LogP contribution in [-0.2, 0) is 68.9 Å². The molecule has 4 aromatic rings. The van der Waals surface area contributed by atoms with Gasteiger partial charge in [0.05, 0.1) is 0 Å². The Hall–Kier alpha value is -3.75. The molecule has 0 saturated heterocycles. The molecule has 0 bridgehead atoms. The molecule has 81 heavy (non-hydrogen) atoms. The predicted molar refractivity (Wildman–Crippen MR) is 249 cm³/mol. The number of benzene rings is 4. The zero-order chi connectivity index (χ0) is 59.8. The van der Waals surface area contributed by atoms with Crippen LogP contribution in [0.1, 0.15) is 109 Å². The van der Waals surface area contributed by atoms with Crippen molar-refractivity contribution >= 4 is 35.9 Å². The average Bonchev–Trinajstić information content (AvgIpc) is 4.17. The molecule has 9 radical (unpaired) electrons. The molecule has 4 aliphatic rings. The van der Waals surface area contributed by atoms with E-state index in [0.29, 0.717) is 7.92 Å². The first-order valence-corrected chi connectivity index (χ1v) is 25.7. The van der Waals surface area contributed by atoms with Gasteiger partial charge in [-0.15, -0.1) is 0 Å². The number of hydrogen-bond donors (Lipinski definition) is 0. The van der Waals surface area contributed by atoms with Crippen LogP contribution in [0.5, 0.6) is 0 Å². The molecule has 447 valence electrons. The van der Waals surface area contributed by atoms with Crippen LogP contribution in [0.4, 0.5) is 110 Å². The van der Waals surface area contributed by atoms with E-state index in [1.807, 2.05) is 0 Å². The van der Waals surface area contributed by atoms with Crippen molar-refractivity contribution in [1.29, 1.82) is 0 Å². The Morgan fingerprint density at radius 2 is 0.531 bits per heavy atom. The third kappa shape index (κ3) is 15.4. The van der Waals surface area contributed by atoms with Crippen molar-refractivity contribution in [3.63, 3.8) is 0 Å². The summed E-state index contributed by atoms with van der Waals surface area (Å²) in [6, 6.07) is -8.09. The number of alkyl halides is 24. The molecular weight excluding hydrogens is 1260 g/mol. The summed E-state index contributed by atoms with van der Waals surface area (Å²) in [4.78, 5) is 0. The molecule has 0 spiro atoms. The van der Waals surface area contributed by atoms with E-state index >= 15 is 105 Å². The summed E-state index contributed by atoms with van der Waals surface area (Å²) in [6.07, 6.45) is -34.5. The molecule has 0 nitrogen and oxygen atoms in total. The van der Waals surface area contributed by atoms with Gasteiger partial charge in [-0.1, -0.05) is 106 Å². The SMILES string of the molecule is FC(F)(F)c1cccc(C(F)(F)F)c1[B-](c1c(C(F)(F)F)cccc1C(F)(F)F)(c1c(C(F)(F)F)cccc1C(F)(F)F)c1c(C(F)(F)F)cccc1C(F)(F)F.F[C]1[CH][CH][CH][CH][CH]1.[CH]1[CH]CC(P(C2CCCC2)C2CCCC2)C1.[Rh]. The largest absolute Gasteiger partial charge is 0.413 e. The summed E-state index contributed by atoms with van der Waals surface area (Å²) < 4.78 is 372. The topological polar surface area (TPSA) is 0 Å². The first-order chi connectivity index (χ1) is 36.7. The zero-order valence-electron chi connectivity index (χ0n) is 41.1. The maximum Gasteiger partial charge on any atom is 0.413 e. The average molecular weight is 1300 g/mol. The van der Waals surface area contributed by atoms with Crippen LogP contribution in [0.15, 0.2) is 72.8 Å². The Kier molecular flexibility index (Phi) is 21.4. The van der Waals surface area contributed by atoms with Crippen LogP contribution in [-0.4, -0.2) is 23.1 Å². The summed E-state index contributed by atoms with van der Waals surface area (Å²) in [6.45, 7) is 0. The van der Waals surface area contributed by atoms with Gasteiger partial charge in [0.15, 0.2) is 6.17 Å². The van der Waals surface area contributed by atoms with E-state index in [1.54, 1.807) is 44.9 Å². The fourth-order valence-electron chi connectivity index (χ4n) is 11.5. The minimum Gasteiger partial charge on any atom is -0.240 e. The fraction of sp³-hybridized carbons (Fsp3) is 0.396. The molecule has 4 aromatic carbocycles. The van der Waals surface area contributed by atoms with Gasteiger partial charge in [-0.25, -0.2) is 4.39 Å². The minimum absolute atomic E-state index is 0. The Balaban J connectivity index is 0.000000407. The minimum atomic E-state index is -7.76. The van der Waals surface area contributed by atoms with Crippen molar-refractivity contribution in [2.24, 2.45) is 0 Å². The molecule has 0 atom stereocenters. The van der Waals surface area contributed by atoms with Gasteiger partial charge in [0.2, 0.25) is 0 Å². The summed E-state index contributed by atoms with van der Waals surface area (Å²) >= 11 is 0. The van der Waals surface area contributed by atoms with Crippen LogP contribution < -0.4 is 21.9 Å². The van der Waals surface area contributed by atoms with Crippen LogP contribution in [0, 0.1) is 51.1 Å². The van der Waals surface area contributed by atoms with Crippen LogP contribution in [0.25, 0.3) is 0 Å². The third-order valence-electron chi connectivity index (χ3n) is 14.2. The summed E-state index contributed by atoms with van der Waals surface area (Å²) in [5.41, 5.74) is -39.2. The number of halogens is 25. The maximum atomic E-state index is 15.0. The quantitative estimate of drug-likeness (QED) is 0.0983. The van der Waals surface area contributed by atoms with E-state index < -0.39 is 195 Å². The zero-order valence-corrected chi connectivity index (χ0v) is 43.6. The summed E-state index contributed by atoms with van der Waals surface area (Å²) in [7, 11) is 0.373. The molecule has 0 heterocycles. The Bertz CT molecular complexity index is 2230. The van der Waals surface area contributed by atoms with Crippen LogP contribution >= 0.6 is 7.92 Å². The Morgan fingerprint density at radius 3 is 0.704 bits per heavy atom. The van der Waals surface area contributed by atoms with Crippen molar-refractivity contribution in [3.05, 3.63) is 168 Å². The first-order valence-electron chi connectivity index (χ1n) is 24.1. The molecule has 0 N–H and O–H groups in total. The van der Waals surface area contributed by atoms with Gasteiger partial charge < -0.3 is 0 Å². The Labute approximate surface area is 462 Å². The molecule has 0 aromatic heterocycles. The molecule has 28 heteroatoms. The molecule has 4 saturated carbocycles. The van der Waals surface area contributed by atoms with Gasteiger partial charge in [0, 0.05) is 76.8 Å². The normalized spacial score (nSPS) is 18.1. The van der Waals surface area contributed by atoms with E-state index in [1.165, 1.54) is 62.7 Å². The predicted octanol–water partition coefficient (Wildman–Crippen LogP) is 17.7. The van der Waals surface area contributed by atoms with Crippen molar-refractivity contribution in [3.8, 4) is 0 Å². The summed E-state index contributed by atoms with van der Waals surface area (Å²) in [5, 5.41) is 0. The second-order valence-corrected chi connectivity index (χ2v) is 22.2. The standard InChI is InChI=1S/C32H12BF24.C15H25P.C6H5F.Rh/c34-25(35,36)13-5-1-6-14(26(37,38)39)21(13)33(22-15(27(40,41)42)7-2-8-16(22)28(43,44)45,23-17(29(46,47)48)9-3-10-18(23)30(49,50)51)24-19(31(52,53)54)11-4-12-20(24)32(55,56)57;1-2-8-13(7-1)16(14-9-3-4-10-14)15-11-5-6-12-15;7-6-4-2-1-3-5-6;/h1-12H;1-2,13-15H,3-12H2;1-5H;/q-1;;;. The van der Waals surface area contributed by atoms with Crippen molar-refractivity contribution in [2.45, 2.75) is 131 Å². The van der Waals surface area contributed by atoms with E-state index in [-0.39, 0.29) is 25.6 Å². The molecule has 0 aliphatic heterocycles. The van der Waals surface area contributed by atoms with Crippen LogP contribution in [0.2, 0.25) is 0 Å². The third-order valence-corrected chi connectivity index (χ3v) is 18.2. The smallest absolute Gasteiger partial charge is 0.240 e. The van der Waals surface area contributed by atoms with Gasteiger partial charge in [-0.3, -0.25) is 0 Å². The molecular formula is C53H42BF25PRh-. The molecule has 0 unspecified atom stereocenters. The van der Waals surface area contributed by atoms with Gasteiger partial charge in [0.25, 0.3) is 0 Å². The van der Waals surface area contributed by atoms with E-state index in [4.69, 9.17) is 0 Å². The molecule has 4 aliphatic carbocycles. The van der Waals surface area contributed by atoms with Crippen molar-refractivity contribution in [1.82, 2.24) is 0 Å². The molecule has 0 amide bonds. The van der Waals surface area contributed by atoms with E-state index in [2.05, 4.69) is 12.8 Å². The van der Waals surface area contributed by atoms with E-state index in [0.717, 1.165) is 5.66 Å². The van der Waals surface area contributed by atoms with E-state index in [9.17, 15) is 4.39 Å². The first kappa shape index (κ1) is 68.0. The van der Waals surface area contributed by atoms with Gasteiger partial charge >= 0.3 is 49.4 Å². The Morgan fingerprint density at radius 1 is 0.321 bits per heavy atom. The second kappa shape index (κ2) is 25.4.